The highest BCUT2D eigenvalue weighted by Crippen LogP contribution is 2.29. The van der Waals surface area contributed by atoms with E-state index in [2.05, 4.69) is 12.2 Å². The molecule has 0 aromatic heterocycles. The van der Waals surface area contributed by atoms with Crippen LogP contribution in [-0.2, 0) is 0 Å². The molecular weight excluding hydrogens is 176 g/mol. The second-order valence-corrected chi connectivity index (χ2v) is 4.47. The van der Waals surface area contributed by atoms with Gasteiger partial charge in [0.2, 0.25) is 0 Å². The molecule has 4 atom stereocenters. The number of allylic oxidation sites excluding steroid dienone is 2. The molecule has 2 N–H and O–H groups in total. The molecule has 2 heteroatoms. The van der Waals surface area contributed by atoms with Crippen molar-refractivity contribution in [2.45, 2.75) is 37.9 Å². The largest absolute Gasteiger partial charge is 0.389 e. The normalized spacial score (nSPS) is 42.7. The van der Waals surface area contributed by atoms with Crippen LogP contribution >= 0.6 is 0 Å². The van der Waals surface area contributed by atoms with Gasteiger partial charge in [-0.25, -0.2) is 0 Å². The number of hydrogen-bond acceptors (Lipinski definition) is 2. The quantitative estimate of drug-likeness (QED) is 0.575. The Labute approximate surface area is 85.0 Å². The van der Waals surface area contributed by atoms with Crippen LogP contribution < -0.4 is 0 Å². The van der Waals surface area contributed by atoms with E-state index >= 15 is 0 Å². The van der Waals surface area contributed by atoms with Crippen LogP contribution in [0, 0.1) is 11.8 Å². The molecule has 14 heavy (non-hydrogen) atoms. The summed E-state index contributed by atoms with van der Waals surface area (Å²) < 4.78 is 0. The minimum atomic E-state index is -0.394. The molecule has 0 amide bonds. The van der Waals surface area contributed by atoms with Crippen molar-refractivity contribution < 1.29 is 10.2 Å². The Morgan fingerprint density at radius 3 is 1.50 bits per heavy atom. The van der Waals surface area contributed by atoms with E-state index in [0.717, 1.165) is 25.7 Å². The van der Waals surface area contributed by atoms with Crippen molar-refractivity contribution in [1.29, 1.82) is 0 Å². The lowest BCUT2D eigenvalue weighted by Crippen LogP contribution is -2.20. The van der Waals surface area contributed by atoms with Gasteiger partial charge in [0.25, 0.3) is 0 Å². The summed E-state index contributed by atoms with van der Waals surface area (Å²) in [6.07, 6.45) is 11.0. The topological polar surface area (TPSA) is 40.5 Å². The first kappa shape index (κ1) is 9.94. The van der Waals surface area contributed by atoms with E-state index in [1.54, 1.807) is 12.2 Å². The van der Waals surface area contributed by atoms with Gasteiger partial charge >= 0.3 is 0 Å². The zero-order valence-corrected chi connectivity index (χ0v) is 8.34. The minimum Gasteiger partial charge on any atom is -0.389 e. The summed E-state index contributed by atoms with van der Waals surface area (Å²) in [5, 5.41) is 19.3. The molecule has 3 rings (SSSR count). The van der Waals surface area contributed by atoms with Gasteiger partial charge in [-0.15, -0.1) is 0 Å². The van der Waals surface area contributed by atoms with Crippen LogP contribution in [0.1, 0.15) is 25.7 Å². The van der Waals surface area contributed by atoms with Gasteiger partial charge in [0.05, 0.1) is 12.2 Å². The van der Waals surface area contributed by atoms with E-state index in [9.17, 15) is 10.2 Å². The van der Waals surface area contributed by atoms with Gasteiger partial charge in [0.15, 0.2) is 0 Å². The molecule has 2 bridgehead atoms. The molecule has 3 aliphatic rings. The Kier molecular flexibility index (Phi) is 3.04. The van der Waals surface area contributed by atoms with Crippen LogP contribution in [0.3, 0.4) is 0 Å². The average molecular weight is 194 g/mol. The van der Waals surface area contributed by atoms with Gasteiger partial charge in [0.1, 0.15) is 0 Å². The van der Waals surface area contributed by atoms with Crippen molar-refractivity contribution in [2.75, 3.05) is 0 Å². The van der Waals surface area contributed by atoms with E-state index in [4.69, 9.17) is 0 Å². The number of hydrogen-bond donors (Lipinski definition) is 2. The fourth-order valence-electron chi connectivity index (χ4n) is 2.36. The Morgan fingerprint density at radius 1 is 0.714 bits per heavy atom. The van der Waals surface area contributed by atoms with E-state index < -0.39 is 12.2 Å². The van der Waals surface area contributed by atoms with Crippen molar-refractivity contribution in [1.82, 2.24) is 0 Å². The Balaban J connectivity index is 2.11. The maximum atomic E-state index is 9.64. The molecule has 0 aromatic carbocycles. The lowest BCUT2D eigenvalue weighted by atomic mass is 9.82. The molecule has 0 radical (unpaired) electrons. The van der Waals surface area contributed by atoms with Crippen molar-refractivity contribution in [3.63, 3.8) is 0 Å². The Morgan fingerprint density at radius 2 is 1.14 bits per heavy atom. The van der Waals surface area contributed by atoms with Gasteiger partial charge < -0.3 is 10.2 Å². The van der Waals surface area contributed by atoms with Crippen LogP contribution in [0.25, 0.3) is 0 Å². The van der Waals surface area contributed by atoms with Crippen LogP contribution in [0.2, 0.25) is 0 Å². The molecule has 0 aliphatic heterocycles. The molecule has 4 unspecified atom stereocenters. The first-order chi connectivity index (χ1) is 6.74. The lowest BCUT2D eigenvalue weighted by molar-refractivity contribution is 0.162. The van der Waals surface area contributed by atoms with E-state index in [1.165, 1.54) is 0 Å². The smallest absolute Gasteiger partial charge is 0.0727 e. The van der Waals surface area contributed by atoms with Crippen LogP contribution in [0.5, 0.6) is 0 Å². The van der Waals surface area contributed by atoms with Gasteiger partial charge in [-0.1, -0.05) is 24.3 Å². The van der Waals surface area contributed by atoms with Crippen LogP contribution in [0.4, 0.5) is 0 Å². The third kappa shape index (κ3) is 2.46. The zero-order valence-electron chi connectivity index (χ0n) is 8.34. The maximum absolute atomic E-state index is 9.64. The monoisotopic (exact) mass is 194 g/mol. The lowest BCUT2D eigenvalue weighted by Gasteiger charge is -2.26. The summed E-state index contributed by atoms with van der Waals surface area (Å²) >= 11 is 0. The van der Waals surface area contributed by atoms with Gasteiger partial charge in [-0.3, -0.25) is 0 Å². The average Bonchev–Trinajstić information content (AvgIpc) is 2.18. The highest BCUT2D eigenvalue weighted by molar-refractivity contribution is 5.05. The molecule has 3 aliphatic carbocycles. The first-order valence-corrected chi connectivity index (χ1v) is 5.47. The summed E-state index contributed by atoms with van der Waals surface area (Å²) in [6, 6.07) is 0. The number of fused-ring (bicyclic) bond motifs is 5. The second-order valence-electron chi connectivity index (χ2n) is 4.47. The van der Waals surface area contributed by atoms with Gasteiger partial charge in [-0.2, -0.15) is 0 Å². The van der Waals surface area contributed by atoms with Gasteiger partial charge in [-0.05, 0) is 37.5 Å². The van der Waals surface area contributed by atoms with Crippen LogP contribution in [0.15, 0.2) is 24.3 Å². The minimum absolute atomic E-state index is 0.394. The Hall–Kier alpha value is -0.600. The zero-order chi connectivity index (χ0) is 9.97. The highest BCUT2D eigenvalue weighted by Gasteiger charge is 2.20. The summed E-state index contributed by atoms with van der Waals surface area (Å²) in [4.78, 5) is 0. The highest BCUT2D eigenvalue weighted by atomic mass is 16.3. The summed E-state index contributed by atoms with van der Waals surface area (Å²) in [5.74, 6) is 1.06. The first-order valence-electron chi connectivity index (χ1n) is 5.47. The van der Waals surface area contributed by atoms with E-state index in [-0.39, 0.29) is 0 Å². The molecule has 2 nitrogen and oxygen atoms in total. The maximum Gasteiger partial charge on any atom is 0.0727 e. The van der Waals surface area contributed by atoms with Crippen molar-refractivity contribution in [2.24, 2.45) is 11.8 Å². The third-order valence-corrected chi connectivity index (χ3v) is 3.21. The number of aliphatic hydroxyl groups excluding tert-OH is 2. The van der Waals surface area contributed by atoms with E-state index in [1.807, 2.05) is 0 Å². The molecular formula is C12H18O2. The predicted octanol–water partition coefficient (Wildman–Crippen LogP) is 1.64. The molecule has 0 saturated carbocycles. The molecule has 0 heterocycles. The van der Waals surface area contributed by atoms with E-state index in [0.29, 0.717) is 11.8 Å². The summed E-state index contributed by atoms with van der Waals surface area (Å²) in [5.41, 5.74) is 0. The standard InChI is InChI=1S/C12H18O2/c13-11-5-6-12(14)8-10-2-1-9(7-11)3-4-10/h1-2,5-6,9-14H,3-4,7-8H2. The van der Waals surface area contributed by atoms with Crippen molar-refractivity contribution in [3.05, 3.63) is 24.3 Å². The molecule has 0 aromatic rings. The fraction of sp³-hybridized carbons (Fsp3) is 0.667. The molecule has 0 saturated heterocycles. The summed E-state index contributed by atoms with van der Waals surface area (Å²) in [6.45, 7) is 0. The molecule has 78 valence electrons. The third-order valence-electron chi connectivity index (χ3n) is 3.21. The van der Waals surface area contributed by atoms with Gasteiger partial charge in [0, 0.05) is 0 Å². The number of aliphatic hydroxyl groups is 2. The Bertz CT molecular complexity index is 219. The molecule has 0 fully saturated rings. The van der Waals surface area contributed by atoms with Crippen LogP contribution in [-0.4, -0.2) is 22.4 Å². The fourth-order valence-corrected chi connectivity index (χ4v) is 2.36. The van der Waals surface area contributed by atoms with Crippen molar-refractivity contribution in [3.8, 4) is 0 Å². The second kappa shape index (κ2) is 4.28. The molecule has 0 spiro atoms. The number of rotatable bonds is 0. The summed E-state index contributed by atoms with van der Waals surface area (Å²) in [7, 11) is 0. The van der Waals surface area contributed by atoms with Crippen molar-refractivity contribution >= 4 is 0 Å². The SMILES string of the molecule is OC1C=CC(O)CC2C=CC(CC2)C1. The predicted molar refractivity (Wildman–Crippen MR) is 55.7 cm³/mol.